The zero-order valence-corrected chi connectivity index (χ0v) is 13.0. The molecule has 0 spiro atoms. The van der Waals surface area contributed by atoms with Crippen molar-refractivity contribution in [1.82, 2.24) is 10.3 Å². The van der Waals surface area contributed by atoms with Gasteiger partial charge in [-0.05, 0) is 46.8 Å². The molecule has 0 bridgehead atoms. The third-order valence-electron chi connectivity index (χ3n) is 2.76. The monoisotopic (exact) mass is 261 g/mol. The van der Waals surface area contributed by atoms with Gasteiger partial charge < -0.3 is 10.2 Å². The minimum Gasteiger partial charge on any atom is -0.353 e. The lowest BCUT2D eigenvalue weighted by molar-refractivity contribution is 0.421. The van der Waals surface area contributed by atoms with Gasteiger partial charge in [0.05, 0.1) is 5.69 Å². The molecule has 3 nitrogen and oxygen atoms in total. The molecule has 106 valence electrons. The van der Waals surface area contributed by atoms with E-state index in [2.05, 4.69) is 62.7 Å². The number of nitrogens with one attached hydrogen (secondary N) is 1. The Morgan fingerprint density at radius 3 is 2.58 bits per heavy atom. The minimum absolute atomic E-state index is 0.111. The van der Waals surface area contributed by atoms with Gasteiger partial charge in [-0.25, -0.2) is 4.98 Å². The fourth-order valence-electron chi connectivity index (χ4n) is 1.78. The van der Waals surface area contributed by atoms with Crippen molar-refractivity contribution < 1.29 is 0 Å². The highest BCUT2D eigenvalue weighted by atomic mass is 15.2. The summed E-state index contributed by atoms with van der Waals surface area (Å²) < 4.78 is 0. The van der Waals surface area contributed by atoms with Gasteiger partial charge in [-0.3, -0.25) is 0 Å². The summed E-state index contributed by atoms with van der Waals surface area (Å²) in [7, 11) is 0. The molecule has 3 heteroatoms. The van der Waals surface area contributed by atoms with E-state index in [9.17, 15) is 0 Å². The van der Waals surface area contributed by atoms with Crippen LogP contribution in [0.25, 0.3) is 0 Å². The van der Waals surface area contributed by atoms with Crippen LogP contribution in [-0.4, -0.2) is 23.6 Å². The first-order valence-corrected chi connectivity index (χ1v) is 6.92. The van der Waals surface area contributed by atoms with E-state index in [1.807, 2.05) is 6.92 Å². The Kier molecular flexibility index (Phi) is 5.55. The van der Waals surface area contributed by atoms with Crippen LogP contribution in [0.15, 0.2) is 30.4 Å². The maximum atomic E-state index is 4.72. The third-order valence-corrected chi connectivity index (χ3v) is 2.76. The van der Waals surface area contributed by atoms with Crippen LogP contribution in [0.1, 0.15) is 40.3 Å². The van der Waals surface area contributed by atoms with Crippen molar-refractivity contribution in [1.29, 1.82) is 0 Å². The second kappa shape index (κ2) is 6.71. The molecule has 1 aromatic heterocycles. The predicted molar refractivity (Wildman–Crippen MR) is 83.5 cm³/mol. The fourth-order valence-corrected chi connectivity index (χ4v) is 1.78. The summed E-state index contributed by atoms with van der Waals surface area (Å²) in [6.07, 6.45) is 0. The van der Waals surface area contributed by atoms with Crippen LogP contribution in [0.4, 0.5) is 5.82 Å². The van der Waals surface area contributed by atoms with E-state index >= 15 is 0 Å². The molecule has 1 rings (SSSR count). The largest absolute Gasteiger partial charge is 0.353 e. The average molecular weight is 261 g/mol. The van der Waals surface area contributed by atoms with Crippen LogP contribution in [0.3, 0.4) is 0 Å². The zero-order chi connectivity index (χ0) is 14.5. The van der Waals surface area contributed by atoms with Crippen LogP contribution in [0.5, 0.6) is 0 Å². The van der Waals surface area contributed by atoms with Crippen molar-refractivity contribution in [3.63, 3.8) is 0 Å². The topological polar surface area (TPSA) is 28.2 Å². The summed E-state index contributed by atoms with van der Waals surface area (Å²) >= 11 is 0. The Hall–Kier alpha value is -1.35. The van der Waals surface area contributed by atoms with Crippen molar-refractivity contribution in [3.05, 3.63) is 36.0 Å². The van der Waals surface area contributed by atoms with Crippen LogP contribution in [0, 0.1) is 0 Å². The molecule has 19 heavy (non-hydrogen) atoms. The van der Waals surface area contributed by atoms with Gasteiger partial charge in [0.25, 0.3) is 0 Å². The molecule has 1 N–H and O–H groups in total. The molecule has 0 aromatic carbocycles. The molecule has 1 heterocycles. The fraction of sp³-hybridized carbons (Fsp3) is 0.562. The van der Waals surface area contributed by atoms with Crippen molar-refractivity contribution >= 4 is 5.82 Å². The molecule has 0 unspecified atom stereocenters. The van der Waals surface area contributed by atoms with Gasteiger partial charge in [0.2, 0.25) is 0 Å². The van der Waals surface area contributed by atoms with E-state index in [1.165, 1.54) is 0 Å². The second-order valence-electron chi connectivity index (χ2n) is 6.06. The summed E-state index contributed by atoms with van der Waals surface area (Å²) in [6.45, 7) is 17.3. The molecular weight excluding hydrogens is 234 g/mol. The lowest BCUT2D eigenvalue weighted by Crippen LogP contribution is -2.35. The molecule has 0 radical (unpaired) electrons. The van der Waals surface area contributed by atoms with Crippen LogP contribution in [0.2, 0.25) is 0 Å². The number of hydrogen-bond donors (Lipinski definition) is 1. The van der Waals surface area contributed by atoms with Crippen molar-refractivity contribution in [2.24, 2.45) is 0 Å². The van der Waals surface area contributed by atoms with E-state index < -0.39 is 0 Å². The Labute approximate surface area is 117 Å². The van der Waals surface area contributed by atoms with Gasteiger partial charge in [-0.1, -0.05) is 18.2 Å². The molecule has 0 aliphatic heterocycles. The highest BCUT2D eigenvalue weighted by molar-refractivity contribution is 5.40. The van der Waals surface area contributed by atoms with E-state index in [0.29, 0.717) is 0 Å². The molecule has 0 fully saturated rings. The van der Waals surface area contributed by atoms with Gasteiger partial charge in [-0.2, -0.15) is 0 Å². The minimum atomic E-state index is 0.111. The summed E-state index contributed by atoms with van der Waals surface area (Å²) in [5.41, 5.74) is 2.34. The highest BCUT2D eigenvalue weighted by Gasteiger charge is 2.10. The van der Waals surface area contributed by atoms with Gasteiger partial charge in [-0.15, -0.1) is 0 Å². The molecule has 0 aliphatic rings. The zero-order valence-electron chi connectivity index (χ0n) is 13.0. The Bertz CT molecular complexity index is 418. The van der Waals surface area contributed by atoms with Crippen molar-refractivity contribution in [2.45, 2.75) is 46.7 Å². The number of rotatable bonds is 6. The van der Waals surface area contributed by atoms with Gasteiger partial charge >= 0.3 is 0 Å². The molecule has 0 amide bonds. The highest BCUT2D eigenvalue weighted by Crippen LogP contribution is 2.13. The first-order valence-electron chi connectivity index (χ1n) is 6.92. The SMILES string of the molecule is C=C(C)CN(CC)c1cccc(CNC(C)(C)C)n1. The van der Waals surface area contributed by atoms with Gasteiger partial charge in [0.1, 0.15) is 5.82 Å². The lowest BCUT2D eigenvalue weighted by atomic mass is 10.1. The quantitative estimate of drug-likeness (QED) is 0.796. The van der Waals surface area contributed by atoms with E-state index in [1.54, 1.807) is 0 Å². The average Bonchev–Trinajstić information content (AvgIpc) is 2.33. The van der Waals surface area contributed by atoms with Crippen molar-refractivity contribution in [3.8, 4) is 0 Å². The summed E-state index contributed by atoms with van der Waals surface area (Å²) in [4.78, 5) is 6.96. The van der Waals surface area contributed by atoms with E-state index in [0.717, 1.165) is 36.7 Å². The molecule has 1 aromatic rings. The van der Waals surface area contributed by atoms with Crippen LogP contribution < -0.4 is 10.2 Å². The van der Waals surface area contributed by atoms with Crippen LogP contribution in [-0.2, 0) is 6.54 Å². The Balaban J connectivity index is 2.77. The molecular formula is C16H27N3. The molecule has 0 saturated carbocycles. The first kappa shape index (κ1) is 15.7. The number of likely N-dealkylation sites (N-methyl/N-ethyl adjacent to an activating group) is 1. The summed E-state index contributed by atoms with van der Waals surface area (Å²) in [5, 5.41) is 3.46. The smallest absolute Gasteiger partial charge is 0.129 e. The third kappa shape index (κ3) is 5.88. The molecule has 0 saturated heterocycles. The van der Waals surface area contributed by atoms with Crippen molar-refractivity contribution in [2.75, 3.05) is 18.0 Å². The second-order valence-corrected chi connectivity index (χ2v) is 6.06. The number of aromatic nitrogens is 1. The van der Waals surface area contributed by atoms with Gasteiger partial charge in [0.15, 0.2) is 0 Å². The normalized spacial score (nSPS) is 11.4. The van der Waals surface area contributed by atoms with E-state index in [-0.39, 0.29) is 5.54 Å². The summed E-state index contributed by atoms with van der Waals surface area (Å²) in [5.74, 6) is 1.03. The number of hydrogen-bond acceptors (Lipinski definition) is 3. The Morgan fingerprint density at radius 1 is 1.37 bits per heavy atom. The van der Waals surface area contributed by atoms with E-state index in [4.69, 9.17) is 4.98 Å². The summed E-state index contributed by atoms with van der Waals surface area (Å²) in [6, 6.07) is 6.20. The standard InChI is InChI=1S/C16H27N3/c1-7-19(12-13(2)3)15-10-8-9-14(18-15)11-17-16(4,5)6/h8-10,17H,2,7,11-12H2,1,3-6H3. The molecule has 0 atom stereocenters. The number of nitrogens with zero attached hydrogens (tertiary/aromatic N) is 2. The van der Waals surface area contributed by atoms with Crippen LogP contribution >= 0.6 is 0 Å². The maximum Gasteiger partial charge on any atom is 0.129 e. The maximum absolute atomic E-state index is 4.72. The first-order chi connectivity index (χ1) is 8.81. The number of pyridine rings is 1. The lowest BCUT2D eigenvalue weighted by Gasteiger charge is -2.24. The predicted octanol–water partition coefficient (Wildman–Crippen LogP) is 3.37. The Morgan fingerprint density at radius 2 is 2.05 bits per heavy atom. The number of anilines is 1. The van der Waals surface area contributed by atoms with Gasteiger partial charge in [0, 0.05) is 25.2 Å². The molecule has 0 aliphatic carbocycles.